The lowest BCUT2D eigenvalue weighted by molar-refractivity contribution is -0.0976. The summed E-state index contributed by atoms with van der Waals surface area (Å²) >= 11 is 0. The first-order valence-electron chi connectivity index (χ1n) is 6.98. The summed E-state index contributed by atoms with van der Waals surface area (Å²) < 4.78 is 5.34. The Bertz CT molecular complexity index is 551. The molecule has 1 amide bonds. The number of ether oxygens (including phenoxy) is 1. The van der Waals surface area contributed by atoms with Crippen LogP contribution in [0.3, 0.4) is 0 Å². The molecule has 2 heterocycles. The van der Waals surface area contributed by atoms with E-state index in [9.17, 15) is 9.90 Å². The van der Waals surface area contributed by atoms with Crippen molar-refractivity contribution in [1.82, 2.24) is 9.99 Å². The molecule has 0 aliphatic carbocycles. The lowest BCUT2D eigenvalue weighted by atomic mass is 9.98. The number of hydrazone groups is 1. The third kappa shape index (κ3) is 3.21. The first kappa shape index (κ1) is 15.4. The Labute approximate surface area is 124 Å². The van der Waals surface area contributed by atoms with Gasteiger partial charge < -0.3 is 9.84 Å². The maximum atomic E-state index is 12.3. The summed E-state index contributed by atoms with van der Waals surface area (Å²) in [6.07, 6.45) is 3.42. The van der Waals surface area contributed by atoms with Gasteiger partial charge in [0.1, 0.15) is 5.60 Å². The van der Waals surface area contributed by atoms with Crippen molar-refractivity contribution in [1.29, 1.82) is 0 Å². The first-order chi connectivity index (χ1) is 9.76. The minimum atomic E-state index is -1.52. The van der Waals surface area contributed by atoms with Crippen LogP contribution in [0, 0.1) is 0 Å². The smallest absolute Gasteiger partial charge is 0.433 e. The van der Waals surface area contributed by atoms with Gasteiger partial charge in [-0.3, -0.25) is 4.98 Å². The van der Waals surface area contributed by atoms with Gasteiger partial charge in [-0.15, -0.1) is 0 Å². The second kappa shape index (κ2) is 5.44. The molecule has 1 aliphatic heterocycles. The fourth-order valence-electron chi connectivity index (χ4n) is 2.15. The van der Waals surface area contributed by atoms with Gasteiger partial charge in [0, 0.05) is 30.1 Å². The minimum absolute atomic E-state index is 0.271. The van der Waals surface area contributed by atoms with Crippen LogP contribution < -0.4 is 0 Å². The average molecular weight is 291 g/mol. The predicted molar refractivity (Wildman–Crippen MR) is 78.5 cm³/mol. The van der Waals surface area contributed by atoms with Gasteiger partial charge in [0.2, 0.25) is 0 Å². The molecule has 1 aromatic rings. The van der Waals surface area contributed by atoms with Crippen molar-refractivity contribution >= 4 is 11.8 Å². The SMILES string of the molecule is CCC1=NN(C(=O)OC(C)(C)C)C(O)(c2ccncc2)C1. The van der Waals surface area contributed by atoms with Gasteiger partial charge in [0.25, 0.3) is 0 Å². The van der Waals surface area contributed by atoms with Gasteiger partial charge in [-0.25, -0.2) is 4.79 Å². The van der Waals surface area contributed by atoms with Crippen LogP contribution in [0.15, 0.2) is 29.6 Å². The average Bonchev–Trinajstić information content (AvgIpc) is 2.77. The number of nitrogens with zero attached hydrogens (tertiary/aromatic N) is 3. The topological polar surface area (TPSA) is 75.0 Å². The van der Waals surface area contributed by atoms with E-state index in [-0.39, 0.29) is 6.42 Å². The highest BCUT2D eigenvalue weighted by atomic mass is 16.6. The molecule has 1 aliphatic rings. The molecule has 114 valence electrons. The number of carbonyl (C=O) groups excluding carboxylic acids is 1. The second-order valence-corrected chi connectivity index (χ2v) is 6.04. The van der Waals surface area contributed by atoms with Crippen LogP contribution in [-0.4, -0.2) is 32.5 Å². The first-order valence-corrected chi connectivity index (χ1v) is 6.98. The fraction of sp³-hybridized carbons (Fsp3) is 0.533. The molecule has 2 rings (SSSR count). The summed E-state index contributed by atoms with van der Waals surface area (Å²) in [6, 6.07) is 3.34. The van der Waals surface area contributed by atoms with Crippen LogP contribution in [0.1, 0.15) is 46.1 Å². The lowest BCUT2D eigenvalue weighted by Gasteiger charge is -2.32. The Balaban J connectivity index is 2.35. The molecule has 0 radical (unpaired) electrons. The van der Waals surface area contributed by atoms with Crippen LogP contribution >= 0.6 is 0 Å². The van der Waals surface area contributed by atoms with E-state index in [1.54, 1.807) is 45.3 Å². The molecule has 1 unspecified atom stereocenters. The number of amides is 1. The second-order valence-electron chi connectivity index (χ2n) is 6.04. The van der Waals surface area contributed by atoms with E-state index < -0.39 is 17.4 Å². The molecular weight excluding hydrogens is 270 g/mol. The van der Waals surface area contributed by atoms with Crippen LogP contribution in [0.25, 0.3) is 0 Å². The predicted octanol–water partition coefficient (Wildman–Crippen LogP) is 2.63. The molecule has 0 spiro atoms. The monoisotopic (exact) mass is 291 g/mol. The number of aromatic nitrogens is 1. The van der Waals surface area contributed by atoms with Gasteiger partial charge in [0.15, 0.2) is 5.72 Å². The molecule has 0 aromatic carbocycles. The summed E-state index contributed by atoms with van der Waals surface area (Å²) in [6.45, 7) is 7.26. The highest BCUT2D eigenvalue weighted by Gasteiger charge is 2.47. The largest absolute Gasteiger partial charge is 0.442 e. The number of rotatable bonds is 2. The van der Waals surface area contributed by atoms with E-state index in [0.717, 1.165) is 10.7 Å². The highest BCUT2D eigenvalue weighted by molar-refractivity contribution is 5.89. The van der Waals surface area contributed by atoms with Crippen molar-refractivity contribution in [3.8, 4) is 0 Å². The Morgan fingerprint density at radius 3 is 2.57 bits per heavy atom. The summed E-state index contributed by atoms with van der Waals surface area (Å²) in [4.78, 5) is 16.3. The van der Waals surface area contributed by atoms with Crippen LogP contribution in [0.2, 0.25) is 0 Å². The maximum Gasteiger partial charge on any atom is 0.433 e. The molecule has 1 aromatic heterocycles. The van der Waals surface area contributed by atoms with Crippen LogP contribution in [-0.2, 0) is 10.5 Å². The zero-order valence-electron chi connectivity index (χ0n) is 12.8. The number of hydrogen-bond acceptors (Lipinski definition) is 5. The van der Waals surface area contributed by atoms with Crippen molar-refractivity contribution in [2.45, 2.75) is 51.9 Å². The molecular formula is C15H21N3O3. The normalized spacial score (nSPS) is 22.1. The van der Waals surface area contributed by atoms with Crippen LogP contribution in [0.5, 0.6) is 0 Å². The summed E-state index contributed by atoms with van der Waals surface area (Å²) in [5.41, 5.74) is -0.854. The summed E-state index contributed by atoms with van der Waals surface area (Å²) in [7, 11) is 0. The Kier molecular flexibility index (Phi) is 4.00. The van der Waals surface area contributed by atoms with Crippen molar-refractivity contribution in [3.63, 3.8) is 0 Å². The van der Waals surface area contributed by atoms with E-state index in [0.29, 0.717) is 12.0 Å². The fourth-order valence-corrected chi connectivity index (χ4v) is 2.15. The van der Waals surface area contributed by atoms with Crippen molar-refractivity contribution in [3.05, 3.63) is 30.1 Å². The van der Waals surface area contributed by atoms with E-state index >= 15 is 0 Å². The molecule has 0 bridgehead atoms. The molecule has 6 heteroatoms. The van der Waals surface area contributed by atoms with E-state index in [4.69, 9.17) is 4.74 Å². The summed E-state index contributed by atoms with van der Waals surface area (Å²) in [5.74, 6) is 0. The van der Waals surface area contributed by atoms with Crippen LogP contribution in [0.4, 0.5) is 4.79 Å². The highest BCUT2D eigenvalue weighted by Crippen LogP contribution is 2.36. The van der Waals surface area contributed by atoms with Crippen molar-refractivity contribution < 1.29 is 14.6 Å². The third-order valence-corrected chi connectivity index (χ3v) is 3.16. The van der Waals surface area contributed by atoms with E-state index in [1.807, 2.05) is 6.92 Å². The molecule has 0 fully saturated rings. The van der Waals surface area contributed by atoms with Crippen molar-refractivity contribution in [2.24, 2.45) is 5.10 Å². The Hall–Kier alpha value is -1.95. The molecule has 0 saturated heterocycles. The van der Waals surface area contributed by atoms with Crippen molar-refractivity contribution in [2.75, 3.05) is 0 Å². The minimum Gasteiger partial charge on any atom is -0.442 e. The van der Waals surface area contributed by atoms with Gasteiger partial charge in [-0.1, -0.05) is 6.92 Å². The summed E-state index contributed by atoms with van der Waals surface area (Å²) in [5, 5.41) is 16.2. The maximum absolute atomic E-state index is 12.3. The molecule has 0 saturated carbocycles. The Morgan fingerprint density at radius 1 is 1.43 bits per heavy atom. The molecule has 1 atom stereocenters. The standard InChI is InChI=1S/C15H21N3O3/c1-5-12-10-15(20,11-6-8-16-9-7-11)18(17-12)13(19)21-14(2,3)4/h6-9,20H,5,10H2,1-4H3. The number of carbonyl (C=O) groups is 1. The lowest BCUT2D eigenvalue weighted by Crippen LogP contribution is -2.45. The zero-order chi connectivity index (χ0) is 15.7. The van der Waals surface area contributed by atoms with Gasteiger partial charge in [-0.2, -0.15) is 10.1 Å². The zero-order valence-corrected chi connectivity index (χ0v) is 12.8. The third-order valence-electron chi connectivity index (χ3n) is 3.16. The Morgan fingerprint density at radius 2 is 2.05 bits per heavy atom. The number of hydrogen-bond donors (Lipinski definition) is 1. The number of aliphatic hydroxyl groups is 1. The van der Waals surface area contributed by atoms with Gasteiger partial charge >= 0.3 is 6.09 Å². The van der Waals surface area contributed by atoms with Gasteiger partial charge in [0.05, 0.1) is 0 Å². The molecule has 21 heavy (non-hydrogen) atoms. The van der Waals surface area contributed by atoms with Gasteiger partial charge in [-0.05, 0) is 39.3 Å². The number of pyridine rings is 1. The van der Waals surface area contributed by atoms with E-state index in [2.05, 4.69) is 10.1 Å². The quantitative estimate of drug-likeness (QED) is 0.909. The molecule has 1 N–H and O–H groups in total. The van der Waals surface area contributed by atoms with E-state index in [1.165, 1.54) is 0 Å². The molecule has 6 nitrogen and oxygen atoms in total.